The van der Waals surface area contributed by atoms with Crippen LogP contribution in [0.4, 0.5) is 0 Å². The van der Waals surface area contributed by atoms with Gasteiger partial charge in [0.05, 0.1) is 22.9 Å². The molecule has 0 radical (unpaired) electrons. The first kappa shape index (κ1) is 39.5. The van der Waals surface area contributed by atoms with Gasteiger partial charge in [0.15, 0.2) is 24.5 Å². The van der Waals surface area contributed by atoms with Gasteiger partial charge in [-0.05, 0) is 120 Å². The molecule has 2 amide bonds. The number of hydrogen-bond donors (Lipinski definition) is 1. The molecule has 1 saturated carbocycles. The zero-order valence-electron chi connectivity index (χ0n) is 30.7. The molecule has 0 aromatic heterocycles. The Hall–Kier alpha value is -2.69. The molecule has 264 valence electrons. The zero-order valence-corrected chi connectivity index (χ0v) is 30.7. The van der Waals surface area contributed by atoms with E-state index in [2.05, 4.69) is 19.2 Å². The third-order valence-electron chi connectivity index (χ3n) is 8.32. The van der Waals surface area contributed by atoms with Crippen LogP contribution >= 0.6 is 0 Å². The second kappa shape index (κ2) is 14.2. The second-order valence-corrected chi connectivity index (χ2v) is 17.9. The number of esters is 3. The van der Waals surface area contributed by atoms with Crippen LogP contribution in [0.1, 0.15) is 123 Å². The number of ether oxygens (including phenoxy) is 4. The summed E-state index contributed by atoms with van der Waals surface area (Å²) in [4.78, 5) is 68.3. The van der Waals surface area contributed by atoms with E-state index in [4.69, 9.17) is 18.9 Å². The van der Waals surface area contributed by atoms with E-state index >= 15 is 0 Å². The highest BCUT2D eigenvalue weighted by Gasteiger charge is 2.54. The molecular formula is C35H60N2O9. The Balaban J connectivity index is 2.71. The van der Waals surface area contributed by atoms with Crippen LogP contribution in [-0.4, -0.2) is 77.9 Å². The largest absolute Gasteiger partial charge is 0.455 e. The van der Waals surface area contributed by atoms with Gasteiger partial charge in [-0.1, -0.05) is 13.8 Å². The van der Waals surface area contributed by atoms with Crippen molar-refractivity contribution in [3.05, 3.63) is 0 Å². The van der Waals surface area contributed by atoms with E-state index in [9.17, 15) is 24.0 Å². The first-order valence-corrected chi connectivity index (χ1v) is 16.5. The van der Waals surface area contributed by atoms with Crippen LogP contribution in [0.3, 0.4) is 0 Å². The van der Waals surface area contributed by atoms with Crippen LogP contribution < -0.4 is 5.32 Å². The molecule has 0 aromatic rings. The molecule has 1 unspecified atom stereocenters. The third kappa shape index (κ3) is 10.7. The average molecular weight is 653 g/mol. The molecule has 1 aliphatic carbocycles. The minimum atomic E-state index is -1.42. The summed E-state index contributed by atoms with van der Waals surface area (Å²) >= 11 is 0. The molecule has 2 aliphatic rings. The van der Waals surface area contributed by atoms with E-state index in [0.717, 1.165) is 12.8 Å². The van der Waals surface area contributed by atoms with Crippen LogP contribution in [0.5, 0.6) is 0 Å². The quantitative estimate of drug-likeness (QED) is 0.214. The van der Waals surface area contributed by atoms with Crippen molar-refractivity contribution in [1.82, 2.24) is 10.2 Å². The fourth-order valence-corrected chi connectivity index (χ4v) is 5.35. The molecule has 46 heavy (non-hydrogen) atoms. The second-order valence-electron chi connectivity index (χ2n) is 17.9. The number of carbonyl (C=O) groups excluding carboxylic acids is 5. The number of rotatable bonds is 8. The summed E-state index contributed by atoms with van der Waals surface area (Å²) in [6, 6.07) is -0.971. The molecule has 1 saturated heterocycles. The van der Waals surface area contributed by atoms with Crippen LogP contribution in [0.25, 0.3) is 0 Å². The number of nitrogens with zero attached hydrogens (tertiary/aromatic N) is 1. The summed E-state index contributed by atoms with van der Waals surface area (Å²) in [6.07, 6.45) is -1.60. The van der Waals surface area contributed by atoms with Crippen LogP contribution in [0.15, 0.2) is 0 Å². The first-order chi connectivity index (χ1) is 20.7. The van der Waals surface area contributed by atoms with Gasteiger partial charge in [-0.3, -0.25) is 24.0 Å². The Morgan fingerprint density at radius 2 is 1.20 bits per heavy atom. The van der Waals surface area contributed by atoms with Crippen LogP contribution in [-0.2, 0) is 42.9 Å². The monoisotopic (exact) mass is 652 g/mol. The molecule has 1 aliphatic heterocycles. The Kier molecular flexibility index (Phi) is 12.2. The Labute approximate surface area is 276 Å². The first-order valence-electron chi connectivity index (χ1n) is 16.5. The van der Waals surface area contributed by atoms with Gasteiger partial charge in [0, 0.05) is 5.54 Å². The van der Waals surface area contributed by atoms with Gasteiger partial charge in [-0.25, -0.2) is 0 Å². The molecular weight excluding hydrogens is 592 g/mol. The number of amides is 2. The highest BCUT2D eigenvalue weighted by Crippen LogP contribution is 2.41. The van der Waals surface area contributed by atoms with Crippen molar-refractivity contribution in [2.24, 2.45) is 27.6 Å². The highest BCUT2D eigenvalue weighted by molar-refractivity contribution is 5.85. The smallest absolute Gasteiger partial charge is 0.311 e. The van der Waals surface area contributed by atoms with Gasteiger partial charge >= 0.3 is 17.9 Å². The van der Waals surface area contributed by atoms with Gasteiger partial charge in [-0.2, -0.15) is 0 Å². The summed E-state index contributed by atoms with van der Waals surface area (Å²) in [7, 11) is 0. The maximum atomic E-state index is 14.0. The Morgan fingerprint density at radius 3 is 1.61 bits per heavy atom. The molecule has 11 nitrogen and oxygen atoms in total. The number of hydrogen-bond acceptors (Lipinski definition) is 9. The van der Waals surface area contributed by atoms with Crippen molar-refractivity contribution in [3.8, 4) is 0 Å². The fraction of sp³-hybridized carbons (Fsp3) is 0.857. The Bertz CT molecular complexity index is 1110. The van der Waals surface area contributed by atoms with Crippen molar-refractivity contribution < 1.29 is 42.9 Å². The molecule has 11 heteroatoms. The molecule has 2 fully saturated rings. The summed E-state index contributed by atoms with van der Waals surface area (Å²) in [6.45, 7) is 24.8. The lowest BCUT2D eigenvalue weighted by Crippen LogP contribution is -2.67. The van der Waals surface area contributed by atoms with Crippen LogP contribution in [0.2, 0.25) is 0 Å². The predicted molar refractivity (Wildman–Crippen MR) is 173 cm³/mol. The van der Waals surface area contributed by atoms with Crippen molar-refractivity contribution >= 4 is 30.2 Å². The normalized spacial score (nSPS) is 25.1. The highest BCUT2D eigenvalue weighted by atomic mass is 16.7. The van der Waals surface area contributed by atoms with Crippen molar-refractivity contribution in [2.45, 2.75) is 159 Å². The number of carbonyl (C=O) groups is 5. The molecule has 0 aromatic carbocycles. The molecule has 0 bridgehead atoms. The number of nitrogens with one attached hydrogen (secondary N) is 1. The lowest BCUT2D eigenvalue weighted by molar-refractivity contribution is -0.258. The van der Waals surface area contributed by atoms with Crippen LogP contribution in [0, 0.1) is 27.6 Å². The van der Waals surface area contributed by atoms with Gasteiger partial charge in [0.2, 0.25) is 12.3 Å². The Morgan fingerprint density at radius 1 is 0.761 bits per heavy atom. The summed E-state index contributed by atoms with van der Waals surface area (Å²) < 4.78 is 24.1. The third-order valence-corrected chi connectivity index (χ3v) is 8.32. The standard InChI is InChI=1S/C35H60N2O9/c1-31(2,3)28(40)44-22-19-43-27(25(46-30(42)33(7,8)9)24(22)45-29(41)32(4,5)6)37(20-38)23(26(39)36-34(10,11)12)21-15-17-35(13,14)18-16-21/h20-25,27H,15-19H2,1-14H3,(H,36,39)/t22-,23?,24-,25+,27+/m1/s1. The van der Waals surface area contributed by atoms with Crippen molar-refractivity contribution in [2.75, 3.05) is 6.61 Å². The summed E-state index contributed by atoms with van der Waals surface area (Å²) in [5.41, 5.74) is -3.34. The van der Waals surface area contributed by atoms with E-state index in [-0.39, 0.29) is 23.8 Å². The minimum Gasteiger partial charge on any atom is -0.455 e. The summed E-state index contributed by atoms with van der Waals surface area (Å²) in [5, 5.41) is 3.03. The maximum Gasteiger partial charge on any atom is 0.311 e. The van der Waals surface area contributed by atoms with E-state index in [1.807, 2.05) is 20.8 Å². The SMILES string of the molecule is CC1(C)CCC(C(C(=O)NC(C)(C)C)N(C=O)[C@H]2OC[C@@H](OC(=O)C(C)(C)C)[C@@H](OC(=O)C(C)(C)C)[C@@H]2OC(=O)C(C)(C)C)CC1. The molecule has 0 spiro atoms. The zero-order chi connectivity index (χ0) is 35.6. The summed E-state index contributed by atoms with van der Waals surface area (Å²) in [5.74, 6) is -2.42. The predicted octanol–water partition coefficient (Wildman–Crippen LogP) is 5.17. The molecule has 1 N–H and O–H groups in total. The van der Waals surface area contributed by atoms with Gasteiger partial charge in [-0.15, -0.1) is 0 Å². The van der Waals surface area contributed by atoms with Gasteiger partial charge < -0.3 is 29.2 Å². The van der Waals surface area contributed by atoms with E-state index in [0.29, 0.717) is 19.3 Å². The lowest BCUT2D eigenvalue weighted by atomic mass is 9.70. The van der Waals surface area contributed by atoms with E-state index in [1.165, 1.54) is 4.90 Å². The molecule has 5 atom stereocenters. The van der Waals surface area contributed by atoms with E-state index in [1.54, 1.807) is 62.3 Å². The van der Waals surface area contributed by atoms with Gasteiger partial charge in [0.25, 0.3) is 0 Å². The average Bonchev–Trinajstić information content (AvgIpc) is 2.86. The van der Waals surface area contributed by atoms with E-state index < -0.39 is 70.3 Å². The van der Waals surface area contributed by atoms with Crippen molar-refractivity contribution in [1.29, 1.82) is 0 Å². The fourth-order valence-electron chi connectivity index (χ4n) is 5.35. The minimum absolute atomic E-state index is 0.0933. The van der Waals surface area contributed by atoms with Gasteiger partial charge in [0.1, 0.15) is 6.04 Å². The lowest BCUT2D eigenvalue weighted by Gasteiger charge is -2.48. The van der Waals surface area contributed by atoms with Crippen molar-refractivity contribution in [3.63, 3.8) is 0 Å². The topological polar surface area (TPSA) is 138 Å². The molecule has 1 heterocycles. The maximum absolute atomic E-state index is 14.0. The molecule has 2 rings (SSSR count).